The highest BCUT2D eigenvalue weighted by atomic mass is 16.6. The molecule has 162 valence electrons. The molecule has 2 aromatic rings. The molecule has 2 heterocycles. The molecule has 31 heavy (non-hydrogen) atoms. The molecule has 4 rings (SSSR count). The van der Waals surface area contributed by atoms with E-state index >= 15 is 0 Å². The molecule has 0 radical (unpaired) electrons. The summed E-state index contributed by atoms with van der Waals surface area (Å²) < 4.78 is 11.1. The Morgan fingerprint density at radius 2 is 1.84 bits per heavy atom. The van der Waals surface area contributed by atoms with Crippen LogP contribution >= 0.6 is 0 Å². The minimum absolute atomic E-state index is 0.215. The first-order chi connectivity index (χ1) is 14.8. The molecule has 1 saturated heterocycles. The molecule has 0 unspecified atom stereocenters. The van der Waals surface area contributed by atoms with Crippen LogP contribution < -0.4 is 20.1 Å². The molecule has 1 fully saturated rings. The van der Waals surface area contributed by atoms with Crippen LogP contribution in [-0.2, 0) is 15.1 Å². The minimum atomic E-state index is -1.30. The van der Waals surface area contributed by atoms with Crippen LogP contribution in [0.5, 0.6) is 11.5 Å². The number of urea groups is 1. The summed E-state index contributed by atoms with van der Waals surface area (Å²) in [6.07, 6.45) is 0. The number of nitrogens with zero attached hydrogens (tertiary/aromatic N) is 1. The SMILES string of the molecule is CC(C)c1ccccc1NC(=O)CN1C(=O)N[C@@](C)(c2ccc3c(c2)OCCO3)C1=O. The van der Waals surface area contributed by atoms with Crippen LogP contribution in [0.15, 0.2) is 42.5 Å². The molecule has 2 N–H and O–H groups in total. The van der Waals surface area contributed by atoms with Crippen LogP contribution in [0.2, 0.25) is 0 Å². The molecule has 1 atom stereocenters. The highest BCUT2D eigenvalue weighted by Gasteiger charge is 2.49. The van der Waals surface area contributed by atoms with Crippen molar-refractivity contribution in [2.45, 2.75) is 32.2 Å². The summed E-state index contributed by atoms with van der Waals surface area (Å²) >= 11 is 0. The molecule has 0 bridgehead atoms. The van der Waals surface area contributed by atoms with E-state index in [9.17, 15) is 14.4 Å². The third kappa shape index (κ3) is 3.81. The Hall–Kier alpha value is -3.55. The minimum Gasteiger partial charge on any atom is -0.486 e. The summed E-state index contributed by atoms with van der Waals surface area (Å²) in [4.78, 5) is 39.3. The van der Waals surface area contributed by atoms with E-state index in [4.69, 9.17) is 9.47 Å². The molecule has 2 aliphatic rings. The van der Waals surface area contributed by atoms with E-state index in [2.05, 4.69) is 10.6 Å². The van der Waals surface area contributed by atoms with Gasteiger partial charge in [0.25, 0.3) is 5.91 Å². The van der Waals surface area contributed by atoms with Gasteiger partial charge >= 0.3 is 6.03 Å². The fourth-order valence-corrected chi connectivity index (χ4v) is 3.84. The average molecular weight is 423 g/mol. The highest BCUT2D eigenvalue weighted by molar-refractivity contribution is 6.10. The van der Waals surface area contributed by atoms with Crippen molar-refractivity contribution < 1.29 is 23.9 Å². The number of fused-ring (bicyclic) bond motifs is 1. The summed E-state index contributed by atoms with van der Waals surface area (Å²) in [6, 6.07) is 12.0. The smallest absolute Gasteiger partial charge is 0.325 e. The van der Waals surface area contributed by atoms with Gasteiger partial charge in [-0.05, 0) is 42.2 Å². The predicted molar refractivity (Wildman–Crippen MR) is 114 cm³/mol. The number of ether oxygens (including phenoxy) is 2. The molecule has 8 nitrogen and oxygen atoms in total. The number of amides is 4. The third-order valence-corrected chi connectivity index (χ3v) is 5.55. The van der Waals surface area contributed by atoms with Crippen LogP contribution in [0.3, 0.4) is 0 Å². The van der Waals surface area contributed by atoms with Crippen molar-refractivity contribution in [3.05, 3.63) is 53.6 Å². The lowest BCUT2D eigenvalue weighted by molar-refractivity contribution is -0.133. The lowest BCUT2D eigenvalue weighted by atomic mass is 9.91. The first kappa shape index (κ1) is 20.7. The van der Waals surface area contributed by atoms with Crippen molar-refractivity contribution in [1.82, 2.24) is 10.2 Å². The number of carbonyl (C=O) groups excluding carboxylic acids is 3. The number of nitrogens with one attached hydrogen (secondary N) is 2. The van der Waals surface area contributed by atoms with Crippen LogP contribution in [0, 0.1) is 0 Å². The van der Waals surface area contributed by atoms with Gasteiger partial charge < -0.3 is 20.1 Å². The second-order valence-electron chi connectivity index (χ2n) is 8.10. The zero-order valence-corrected chi connectivity index (χ0v) is 17.7. The molecular weight excluding hydrogens is 398 g/mol. The average Bonchev–Trinajstić information content (AvgIpc) is 2.97. The van der Waals surface area contributed by atoms with E-state index < -0.39 is 23.4 Å². The highest BCUT2D eigenvalue weighted by Crippen LogP contribution is 2.36. The first-order valence-electron chi connectivity index (χ1n) is 10.2. The second kappa shape index (κ2) is 7.94. The van der Waals surface area contributed by atoms with E-state index in [-0.39, 0.29) is 12.5 Å². The Bertz CT molecular complexity index is 1050. The molecule has 2 aromatic carbocycles. The van der Waals surface area contributed by atoms with Gasteiger partial charge in [-0.15, -0.1) is 0 Å². The van der Waals surface area contributed by atoms with Gasteiger partial charge in [0, 0.05) is 5.69 Å². The van der Waals surface area contributed by atoms with Crippen molar-refractivity contribution in [3.8, 4) is 11.5 Å². The molecule has 0 aromatic heterocycles. The molecule has 0 saturated carbocycles. The predicted octanol–water partition coefficient (Wildman–Crippen LogP) is 2.99. The number of hydrogen-bond donors (Lipinski definition) is 2. The van der Waals surface area contributed by atoms with Crippen molar-refractivity contribution in [1.29, 1.82) is 0 Å². The van der Waals surface area contributed by atoms with Gasteiger partial charge in [-0.2, -0.15) is 0 Å². The molecule has 2 aliphatic heterocycles. The van der Waals surface area contributed by atoms with Crippen LogP contribution in [0.25, 0.3) is 0 Å². The molecule has 4 amide bonds. The molecular formula is C23H25N3O5. The van der Waals surface area contributed by atoms with E-state index in [1.54, 1.807) is 31.2 Å². The summed E-state index contributed by atoms with van der Waals surface area (Å²) in [5.74, 6) is 0.389. The summed E-state index contributed by atoms with van der Waals surface area (Å²) in [6.45, 7) is 6.17. The van der Waals surface area contributed by atoms with Crippen LogP contribution in [0.1, 0.15) is 37.8 Å². The fourth-order valence-electron chi connectivity index (χ4n) is 3.84. The standard InChI is InChI=1S/C23H25N3O5/c1-14(2)16-6-4-5-7-17(16)24-20(27)13-26-21(28)23(3,25-22(26)29)15-8-9-18-19(12-15)31-11-10-30-18/h4-9,12,14H,10-11,13H2,1-3H3,(H,24,27)(H,25,29)/t23-/m0/s1. The van der Waals surface area contributed by atoms with Crippen LogP contribution in [-0.4, -0.2) is 42.5 Å². The lowest BCUT2D eigenvalue weighted by Crippen LogP contribution is -2.42. The second-order valence-corrected chi connectivity index (χ2v) is 8.10. The maximum atomic E-state index is 13.2. The number of anilines is 1. The largest absolute Gasteiger partial charge is 0.486 e. The number of para-hydroxylation sites is 1. The van der Waals surface area contributed by atoms with Crippen molar-refractivity contribution >= 4 is 23.5 Å². The zero-order chi connectivity index (χ0) is 22.2. The number of benzene rings is 2. The van der Waals surface area contributed by atoms with Crippen molar-refractivity contribution in [2.24, 2.45) is 0 Å². The van der Waals surface area contributed by atoms with Gasteiger partial charge in [-0.1, -0.05) is 38.1 Å². The normalized spacial score (nSPS) is 20.1. The number of hydrogen-bond acceptors (Lipinski definition) is 5. The molecule has 0 spiro atoms. The van der Waals surface area contributed by atoms with Gasteiger partial charge in [0.1, 0.15) is 25.3 Å². The third-order valence-electron chi connectivity index (χ3n) is 5.55. The fraction of sp³-hybridized carbons (Fsp3) is 0.348. The van der Waals surface area contributed by atoms with Crippen LogP contribution in [0.4, 0.5) is 10.5 Å². The Balaban J connectivity index is 1.51. The van der Waals surface area contributed by atoms with E-state index in [0.717, 1.165) is 10.5 Å². The Morgan fingerprint density at radius 1 is 1.13 bits per heavy atom. The topological polar surface area (TPSA) is 97.0 Å². The number of carbonyl (C=O) groups is 3. The summed E-state index contributed by atoms with van der Waals surface area (Å²) in [7, 11) is 0. The molecule has 8 heteroatoms. The van der Waals surface area contributed by atoms with Crippen molar-refractivity contribution in [2.75, 3.05) is 25.1 Å². The number of rotatable bonds is 5. The number of imide groups is 1. The van der Waals surface area contributed by atoms with E-state index in [1.807, 2.05) is 32.0 Å². The lowest BCUT2D eigenvalue weighted by Gasteiger charge is -2.25. The quantitative estimate of drug-likeness (QED) is 0.721. The Labute approximate surface area is 180 Å². The van der Waals surface area contributed by atoms with E-state index in [1.165, 1.54) is 0 Å². The van der Waals surface area contributed by atoms with Gasteiger partial charge in [-0.3, -0.25) is 14.5 Å². The van der Waals surface area contributed by atoms with Gasteiger partial charge in [0.15, 0.2) is 11.5 Å². The first-order valence-corrected chi connectivity index (χ1v) is 10.2. The maximum absolute atomic E-state index is 13.2. The van der Waals surface area contributed by atoms with Gasteiger partial charge in [-0.25, -0.2) is 4.79 Å². The van der Waals surface area contributed by atoms with Gasteiger partial charge in [0.2, 0.25) is 5.91 Å². The monoisotopic (exact) mass is 423 g/mol. The van der Waals surface area contributed by atoms with Gasteiger partial charge in [0.05, 0.1) is 0 Å². The Morgan fingerprint density at radius 3 is 2.58 bits per heavy atom. The van der Waals surface area contributed by atoms with E-state index in [0.29, 0.717) is 36.0 Å². The zero-order valence-electron chi connectivity index (χ0n) is 17.7. The Kier molecular flexibility index (Phi) is 5.31. The summed E-state index contributed by atoms with van der Waals surface area (Å²) in [5.41, 5.74) is 0.907. The summed E-state index contributed by atoms with van der Waals surface area (Å²) in [5, 5.41) is 5.53. The molecule has 0 aliphatic carbocycles. The maximum Gasteiger partial charge on any atom is 0.325 e. The van der Waals surface area contributed by atoms with Crippen molar-refractivity contribution in [3.63, 3.8) is 0 Å².